The van der Waals surface area contributed by atoms with Crippen LogP contribution in [0.4, 0.5) is 0 Å². The SMILES string of the molecule is CNC(=O)[C@H](C)N(Cc1ccc(Cl)cc1Cl)C(=O)COc1ccc(Br)cc1. The number of hydrogen-bond acceptors (Lipinski definition) is 3. The van der Waals surface area contributed by atoms with E-state index in [2.05, 4.69) is 21.2 Å². The zero-order chi connectivity index (χ0) is 20.0. The predicted molar refractivity (Wildman–Crippen MR) is 110 cm³/mol. The molecule has 1 N–H and O–H groups in total. The highest BCUT2D eigenvalue weighted by Crippen LogP contribution is 2.23. The van der Waals surface area contributed by atoms with E-state index in [9.17, 15) is 9.59 Å². The van der Waals surface area contributed by atoms with E-state index in [-0.39, 0.29) is 25.0 Å². The number of nitrogens with zero attached hydrogens (tertiary/aromatic N) is 1. The average Bonchev–Trinajstić information content (AvgIpc) is 2.65. The number of carbonyl (C=O) groups is 2. The zero-order valence-electron chi connectivity index (χ0n) is 14.8. The van der Waals surface area contributed by atoms with Gasteiger partial charge in [-0.25, -0.2) is 0 Å². The highest BCUT2D eigenvalue weighted by atomic mass is 79.9. The molecule has 27 heavy (non-hydrogen) atoms. The lowest BCUT2D eigenvalue weighted by Gasteiger charge is -2.28. The Labute approximate surface area is 176 Å². The molecule has 5 nitrogen and oxygen atoms in total. The molecular formula is C19H19BrCl2N2O3. The normalized spacial score (nSPS) is 11.6. The van der Waals surface area contributed by atoms with Crippen LogP contribution >= 0.6 is 39.1 Å². The fourth-order valence-corrected chi connectivity index (χ4v) is 3.12. The largest absolute Gasteiger partial charge is 0.484 e. The molecule has 2 aromatic carbocycles. The molecule has 0 saturated carbocycles. The fourth-order valence-electron chi connectivity index (χ4n) is 2.38. The summed E-state index contributed by atoms with van der Waals surface area (Å²) in [5, 5.41) is 3.49. The standard InChI is InChI=1S/C19H19BrCl2N2O3/c1-12(19(26)23-2)24(10-13-3-6-15(21)9-17(13)22)18(25)11-27-16-7-4-14(20)5-8-16/h3-9,12H,10-11H2,1-2H3,(H,23,26)/t12-/m0/s1. The van der Waals surface area contributed by atoms with Crippen molar-refractivity contribution in [1.29, 1.82) is 0 Å². The molecule has 0 bridgehead atoms. The van der Waals surface area contributed by atoms with Gasteiger partial charge in [-0.05, 0) is 48.9 Å². The number of amides is 2. The topological polar surface area (TPSA) is 58.6 Å². The molecule has 0 radical (unpaired) electrons. The fraction of sp³-hybridized carbons (Fsp3) is 0.263. The third-order valence-electron chi connectivity index (χ3n) is 3.95. The maximum absolute atomic E-state index is 12.8. The van der Waals surface area contributed by atoms with Gasteiger partial charge in [-0.2, -0.15) is 0 Å². The summed E-state index contributed by atoms with van der Waals surface area (Å²) in [6, 6.07) is 11.5. The first-order chi connectivity index (χ1) is 12.8. The Kier molecular flexibility index (Phi) is 7.95. The van der Waals surface area contributed by atoms with Crippen molar-refractivity contribution in [2.24, 2.45) is 0 Å². The Morgan fingerprint density at radius 3 is 2.44 bits per heavy atom. The Balaban J connectivity index is 2.16. The van der Waals surface area contributed by atoms with Gasteiger partial charge < -0.3 is 15.0 Å². The van der Waals surface area contributed by atoms with Crippen molar-refractivity contribution in [2.45, 2.75) is 19.5 Å². The number of rotatable bonds is 7. The maximum atomic E-state index is 12.8. The highest BCUT2D eigenvalue weighted by molar-refractivity contribution is 9.10. The van der Waals surface area contributed by atoms with Crippen LogP contribution in [0.15, 0.2) is 46.9 Å². The van der Waals surface area contributed by atoms with Gasteiger partial charge in [0.2, 0.25) is 5.91 Å². The van der Waals surface area contributed by atoms with Crippen molar-refractivity contribution >= 4 is 50.9 Å². The molecule has 0 unspecified atom stereocenters. The maximum Gasteiger partial charge on any atom is 0.261 e. The zero-order valence-corrected chi connectivity index (χ0v) is 17.9. The second kappa shape index (κ2) is 9.97. The van der Waals surface area contributed by atoms with Gasteiger partial charge in [0.25, 0.3) is 5.91 Å². The van der Waals surface area contributed by atoms with Crippen LogP contribution < -0.4 is 10.1 Å². The van der Waals surface area contributed by atoms with Crippen LogP contribution in [0.25, 0.3) is 0 Å². The number of halogens is 3. The van der Waals surface area contributed by atoms with Crippen LogP contribution in [-0.2, 0) is 16.1 Å². The molecule has 2 rings (SSSR count). The minimum absolute atomic E-state index is 0.160. The van der Waals surface area contributed by atoms with E-state index in [1.165, 1.54) is 11.9 Å². The number of hydrogen-bond donors (Lipinski definition) is 1. The predicted octanol–water partition coefficient (Wildman–Crippen LogP) is 4.30. The Morgan fingerprint density at radius 1 is 1.19 bits per heavy atom. The van der Waals surface area contributed by atoms with E-state index < -0.39 is 6.04 Å². The van der Waals surface area contributed by atoms with Crippen LogP contribution in [0.1, 0.15) is 12.5 Å². The molecule has 0 fully saturated rings. The molecular weight excluding hydrogens is 455 g/mol. The van der Waals surface area contributed by atoms with E-state index in [0.29, 0.717) is 21.4 Å². The van der Waals surface area contributed by atoms with Crippen LogP contribution in [0.3, 0.4) is 0 Å². The van der Waals surface area contributed by atoms with Crippen LogP contribution in [0, 0.1) is 0 Å². The number of carbonyl (C=O) groups excluding carboxylic acids is 2. The van der Waals surface area contributed by atoms with E-state index in [0.717, 1.165) is 4.47 Å². The molecule has 0 aliphatic heterocycles. The van der Waals surface area contributed by atoms with E-state index >= 15 is 0 Å². The molecule has 144 valence electrons. The van der Waals surface area contributed by atoms with Gasteiger partial charge in [-0.15, -0.1) is 0 Å². The number of ether oxygens (including phenoxy) is 1. The third-order valence-corrected chi connectivity index (χ3v) is 5.06. The summed E-state index contributed by atoms with van der Waals surface area (Å²) in [5.41, 5.74) is 0.689. The first-order valence-corrected chi connectivity index (χ1v) is 9.70. The summed E-state index contributed by atoms with van der Waals surface area (Å²) in [6.07, 6.45) is 0. The smallest absolute Gasteiger partial charge is 0.261 e. The lowest BCUT2D eigenvalue weighted by atomic mass is 10.1. The monoisotopic (exact) mass is 472 g/mol. The molecule has 0 aromatic heterocycles. The second-order valence-electron chi connectivity index (χ2n) is 5.79. The number of likely N-dealkylation sites (N-methyl/N-ethyl adjacent to an activating group) is 1. The summed E-state index contributed by atoms with van der Waals surface area (Å²) in [5.74, 6) is -0.0549. The molecule has 1 atom stereocenters. The van der Waals surface area contributed by atoms with Crippen LogP contribution in [0.2, 0.25) is 10.0 Å². The van der Waals surface area contributed by atoms with Crippen LogP contribution in [0.5, 0.6) is 5.75 Å². The van der Waals surface area contributed by atoms with Gasteiger partial charge in [-0.1, -0.05) is 45.2 Å². The minimum atomic E-state index is -0.692. The van der Waals surface area contributed by atoms with Gasteiger partial charge in [0.1, 0.15) is 11.8 Å². The summed E-state index contributed by atoms with van der Waals surface area (Å²) in [7, 11) is 1.52. The second-order valence-corrected chi connectivity index (χ2v) is 7.55. The van der Waals surface area contributed by atoms with Gasteiger partial charge in [0.05, 0.1) is 0 Å². The van der Waals surface area contributed by atoms with Crippen molar-refractivity contribution in [3.05, 3.63) is 62.5 Å². The molecule has 0 aliphatic carbocycles. The van der Waals surface area contributed by atoms with E-state index in [4.69, 9.17) is 27.9 Å². The first-order valence-electron chi connectivity index (χ1n) is 8.15. The van der Waals surface area contributed by atoms with Gasteiger partial charge in [0.15, 0.2) is 6.61 Å². The van der Waals surface area contributed by atoms with Crippen molar-refractivity contribution in [2.75, 3.05) is 13.7 Å². The summed E-state index contributed by atoms with van der Waals surface area (Å²) < 4.78 is 6.47. The molecule has 2 aromatic rings. The Hall–Kier alpha value is -1.76. The average molecular weight is 474 g/mol. The molecule has 0 heterocycles. The van der Waals surface area contributed by atoms with Gasteiger partial charge >= 0.3 is 0 Å². The quantitative estimate of drug-likeness (QED) is 0.652. The summed E-state index contributed by atoms with van der Waals surface area (Å²) >= 11 is 15.5. The lowest BCUT2D eigenvalue weighted by molar-refractivity contribution is -0.142. The minimum Gasteiger partial charge on any atom is -0.484 e. The first kappa shape index (κ1) is 21.5. The van der Waals surface area contributed by atoms with E-state index in [1.54, 1.807) is 37.3 Å². The number of benzene rings is 2. The summed E-state index contributed by atoms with van der Waals surface area (Å²) in [4.78, 5) is 26.3. The molecule has 0 spiro atoms. The highest BCUT2D eigenvalue weighted by Gasteiger charge is 2.26. The third kappa shape index (κ3) is 6.13. The Bertz CT molecular complexity index is 815. The van der Waals surface area contributed by atoms with Crippen molar-refractivity contribution in [3.63, 3.8) is 0 Å². The number of nitrogens with one attached hydrogen (secondary N) is 1. The van der Waals surface area contributed by atoms with Crippen molar-refractivity contribution in [1.82, 2.24) is 10.2 Å². The molecule has 2 amide bonds. The van der Waals surface area contributed by atoms with Crippen LogP contribution in [-0.4, -0.2) is 36.4 Å². The molecule has 0 saturated heterocycles. The van der Waals surface area contributed by atoms with Gasteiger partial charge in [-0.3, -0.25) is 9.59 Å². The Morgan fingerprint density at radius 2 is 1.85 bits per heavy atom. The van der Waals surface area contributed by atoms with E-state index in [1.807, 2.05) is 12.1 Å². The molecule has 8 heteroatoms. The van der Waals surface area contributed by atoms with Crippen molar-refractivity contribution < 1.29 is 14.3 Å². The van der Waals surface area contributed by atoms with Crippen molar-refractivity contribution in [3.8, 4) is 5.75 Å². The summed E-state index contributed by atoms with van der Waals surface area (Å²) in [6.45, 7) is 1.61. The molecule has 0 aliphatic rings. The lowest BCUT2D eigenvalue weighted by Crippen LogP contribution is -2.48. The van der Waals surface area contributed by atoms with Gasteiger partial charge in [0, 0.05) is 28.1 Å².